The van der Waals surface area contributed by atoms with Gasteiger partial charge in [0.15, 0.2) is 0 Å². The SMILES string of the molecule is Nc1cnc(C(F)(F)F)cc1Nc1c(F)cccc1Cl. The Morgan fingerprint density at radius 1 is 1.25 bits per heavy atom. The van der Waals surface area contributed by atoms with Gasteiger partial charge in [-0.3, -0.25) is 0 Å². The molecule has 0 unspecified atom stereocenters. The molecule has 1 aromatic carbocycles. The van der Waals surface area contributed by atoms with Gasteiger partial charge in [-0.25, -0.2) is 9.37 Å². The van der Waals surface area contributed by atoms with E-state index in [0.29, 0.717) is 6.07 Å². The molecule has 0 saturated carbocycles. The highest BCUT2D eigenvalue weighted by atomic mass is 35.5. The van der Waals surface area contributed by atoms with Crippen molar-refractivity contribution in [2.24, 2.45) is 0 Å². The van der Waals surface area contributed by atoms with Crippen molar-refractivity contribution < 1.29 is 17.6 Å². The van der Waals surface area contributed by atoms with E-state index in [1.807, 2.05) is 0 Å². The lowest BCUT2D eigenvalue weighted by atomic mass is 10.2. The number of anilines is 3. The molecule has 3 nitrogen and oxygen atoms in total. The zero-order chi connectivity index (χ0) is 14.9. The van der Waals surface area contributed by atoms with E-state index in [1.165, 1.54) is 12.1 Å². The topological polar surface area (TPSA) is 50.9 Å². The lowest BCUT2D eigenvalue weighted by Gasteiger charge is -2.13. The highest BCUT2D eigenvalue weighted by molar-refractivity contribution is 6.33. The summed E-state index contributed by atoms with van der Waals surface area (Å²) in [6.07, 6.45) is -3.77. The Balaban J connectivity index is 2.43. The average Bonchev–Trinajstić information content (AvgIpc) is 2.34. The Labute approximate surface area is 116 Å². The molecule has 0 bridgehead atoms. The Morgan fingerprint density at radius 3 is 2.55 bits per heavy atom. The summed E-state index contributed by atoms with van der Waals surface area (Å²) < 4.78 is 51.3. The summed E-state index contributed by atoms with van der Waals surface area (Å²) in [6, 6.07) is 4.59. The van der Waals surface area contributed by atoms with E-state index in [0.717, 1.165) is 12.3 Å². The van der Waals surface area contributed by atoms with Gasteiger partial charge in [-0.05, 0) is 18.2 Å². The summed E-state index contributed by atoms with van der Waals surface area (Å²) in [5, 5.41) is 2.47. The third kappa shape index (κ3) is 2.93. The monoisotopic (exact) mass is 305 g/mol. The molecular formula is C12H8ClF4N3. The Kier molecular flexibility index (Phi) is 3.71. The van der Waals surface area contributed by atoms with Crippen molar-refractivity contribution in [2.75, 3.05) is 11.1 Å². The molecule has 2 rings (SSSR count). The molecule has 0 atom stereocenters. The van der Waals surface area contributed by atoms with Crippen LogP contribution in [-0.2, 0) is 6.18 Å². The number of aromatic nitrogens is 1. The molecule has 0 amide bonds. The quantitative estimate of drug-likeness (QED) is 0.817. The molecule has 0 aliphatic rings. The van der Waals surface area contributed by atoms with Gasteiger partial charge in [0.1, 0.15) is 11.5 Å². The average molecular weight is 306 g/mol. The van der Waals surface area contributed by atoms with E-state index in [2.05, 4.69) is 10.3 Å². The van der Waals surface area contributed by atoms with Crippen LogP contribution < -0.4 is 11.1 Å². The Hall–Kier alpha value is -2.02. The largest absolute Gasteiger partial charge is 0.433 e. The van der Waals surface area contributed by atoms with E-state index in [-0.39, 0.29) is 22.1 Å². The van der Waals surface area contributed by atoms with Crippen LogP contribution in [0.25, 0.3) is 0 Å². The molecule has 8 heteroatoms. The third-order valence-electron chi connectivity index (χ3n) is 2.45. The predicted molar refractivity (Wildman–Crippen MR) is 68.3 cm³/mol. The summed E-state index contributed by atoms with van der Waals surface area (Å²) in [4.78, 5) is 3.18. The van der Waals surface area contributed by atoms with Crippen LogP contribution >= 0.6 is 11.6 Å². The van der Waals surface area contributed by atoms with Crippen LogP contribution in [0.3, 0.4) is 0 Å². The molecule has 106 valence electrons. The number of para-hydroxylation sites is 1. The van der Waals surface area contributed by atoms with E-state index in [1.54, 1.807) is 0 Å². The maximum Gasteiger partial charge on any atom is 0.433 e. The first-order valence-electron chi connectivity index (χ1n) is 5.33. The van der Waals surface area contributed by atoms with Crippen LogP contribution in [0.4, 0.5) is 34.6 Å². The standard InChI is InChI=1S/C12H8ClF4N3/c13-6-2-1-3-7(14)11(6)20-9-4-10(12(15,16)17)19-5-8(9)18/h1-5H,18H2,(H,19,20). The number of pyridine rings is 1. The zero-order valence-corrected chi connectivity index (χ0v) is 10.6. The highest BCUT2D eigenvalue weighted by Gasteiger charge is 2.33. The number of benzene rings is 1. The van der Waals surface area contributed by atoms with Gasteiger partial charge in [0.05, 0.1) is 28.3 Å². The second-order valence-corrected chi connectivity index (χ2v) is 4.28. The summed E-state index contributed by atoms with van der Waals surface area (Å²) in [5.41, 5.74) is 4.05. The van der Waals surface area contributed by atoms with Crippen LogP contribution in [-0.4, -0.2) is 4.98 Å². The molecule has 0 saturated heterocycles. The number of nitrogens with one attached hydrogen (secondary N) is 1. The van der Waals surface area contributed by atoms with Crippen molar-refractivity contribution in [2.45, 2.75) is 6.18 Å². The normalized spacial score (nSPS) is 11.4. The molecule has 2 aromatic rings. The van der Waals surface area contributed by atoms with Gasteiger partial charge in [-0.2, -0.15) is 13.2 Å². The van der Waals surface area contributed by atoms with Crippen molar-refractivity contribution in [3.63, 3.8) is 0 Å². The Morgan fingerprint density at radius 2 is 1.95 bits per heavy atom. The van der Waals surface area contributed by atoms with Gasteiger partial charge in [0.25, 0.3) is 0 Å². The second kappa shape index (κ2) is 5.16. The molecule has 0 aliphatic carbocycles. The number of hydrogen-bond acceptors (Lipinski definition) is 3. The first-order valence-corrected chi connectivity index (χ1v) is 5.70. The van der Waals surface area contributed by atoms with E-state index in [9.17, 15) is 17.6 Å². The minimum absolute atomic E-state index is 0.0229. The number of alkyl halides is 3. The van der Waals surface area contributed by atoms with E-state index >= 15 is 0 Å². The smallest absolute Gasteiger partial charge is 0.396 e. The van der Waals surface area contributed by atoms with Crippen LogP contribution in [0.15, 0.2) is 30.5 Å². The second-order valence-electron chi connectivity index (χ2n) is 3.88. The molecule has 0 fully saturated rings. The van der Waals surface area contributed by atoms with Gasteiger partial charge in [0.2, 0.25) is 0 Å². The fourth-order valence-electron chi connectivity index (χ4n) is 1.48. The Bertz CT molecular complexity index is 623. The van der Waals surface area contributed by atoms with Crippen molar-refractivity contribution >= 4 is 28.7 Å². The minimum Gasteiger partial charge on any atom is -0.396 e. The zero-order valence-electron chi connectivity index (χ0n) is 9.80. The van der Waals surface area contributed by atoms with Gasteiger partial charge in [0, 0.05) is 0 Å². The molecule has 1 aromatic heterocycles. The fourth-order valence-corrected chi connectivity index (χ4v) is 1.69. The molecule has 3 N–H and O–H groups in total. The number of nitrogens with zero attached hydrogens (tertiary/aromatic N) is 1. The number of rotatable bonds is 2. The summed E-state index contributed by atoms with van der Waals surface area (Å²) in [7, 11) is 0. The van der Waals surface area contributed by atoms with Crippen molar-refractivity contribution in [3.05, 3.63) is 47.0 Å². The van der Waals surface area contributed by atoms with E-state index in [4.69, 9.17) is 17.3 Å². The maximum absolute atomic E-state index is 13.6. The predicted octanol–water partition coefficient (Wildman–Crippen LogP) is 4.22. The van der Waals surface area contributed by atoms with Gasteiger partial charge < -0.3 is 11.1 Å². The molecular weight excluding hydrogens is 298 g/mol. The van der Waals surface area contributed by atoms with Crippen LogP contribution in [0.1, 0.15) is 5.69 Å². The number of nitrogen functional groups attached to an aromatic ring is 1. The summed E-state index contributed by atoms with van der Waals surface area (Å²) in [6.45, 7) is 0. The number of halogens is 5. The molecule has 0 aliphatic heterocycles. The molecule has 0 spiro atoms. The molecule has 0 radical (unpaired) electrons. The number of hydrogen-bond donors (Lipinski definition) is 2. The lowest BCUT2D eigenvalue weighted by molar-refractivity contribution is -0.141. The van der Waals surface area contributed by atoms with Crippen molar-refractivity contribution in [1.82, 2.24) is 4.98 Å². The van der Waals surface area contributed by atoms with Gasteiger partial charge >= 0.3 is 6.18 Å². The first-order chi connectivity index (χ1) is 9.29. The lowest BCUT2D eigenvalue weighted by Crippen LogP contribution is -2.10. The third-order valence-corrected chi connectivity index (χ3v) is 2.76. The van der Waals surface area contributed by atoms with Crippen molar-refractivity contribution in [1.29, 1.82) is 0 Å². The first kappa shape index (κ1) is 14.4. The van der Waals surface area contributed by atoms with Crippen LogP contribution in [0.2, 0.25) is 5.02 Å². The minimum atomic E-state index is -4.62. The highest BCUT2D eigenvalue weighted by Crippen LogP contribution is 2.34. The van der Waals surface area contributed by atoms with Gasteiger partial charge in [-0.1, -0.05) is 17.7 Å². The van der Waals surface area contributed by atoms with E-state index < -0.39 is 17.7 Å². The molecule has 20 heavy (non-hydrogen) atoms. The fraction of sp³-hybridized carbons (Fsp3) is 0.0833. The van der Waals surface area contributed by atoms with Gasteiger partial charge in [-0.15, -0.1) is 0 Å². The van der Waals surface area contributed by atoms with Crippen LogP contribution in [0, 0.1) is 5.82 Å². The molecule has 1 heterocycles. The van der Waals surface area contributed by atoms with Crippen molar-refractivity contribution in [3.8, 4) is 0 Å². The summed E-state index contributed by atoms with van der Waals surface area (Å²) >= 11 is 5.78. The summed E-state index contributed by atoms with van der Waals surface area (Å²) in [5.74, 6) is -0.706. The maximum atomic E-state index is 13.6. The number of nitrogens with two attached hydrogens (primary N) is 1. The van der Waals surface area contributed by atoms with Crippen LogP contribution in [0.5, 0.6) is 0 Å².